The Labute approximate surface area is 171 Å². The summed E-state index contributed by atoms with van der Waals surface area (Å²) in [6.07, 6.45) is 1.56. The molecule has 0 bridgehead atoms. The first-order valence-corrected chi connectivity index (χ1v) is 9.83. The molecule has 1 N–H and O–H groups in total. The Hall–Kier alpha value is -2.46. The van der Waals surface area contributed by atoms with Crippen LogP contribution in [0.15, 0.2) is 48.0 Å². The summed E-state index contributed by atoms with van der Waals surface area (Å²) >= 11 is 12.6. The number of hydrogen-bond donors (Lipinski definition) is 1. The van der Waals surface area contributed by atoms with E-state index in [-0.39, 0.29) is 17.5 Å². The van der Waals surface area contributed by atoms with Gasteiger partial charge in [-0.1, -0.05) is 23.7 Å². The van der Waals surface area contributed by atoms with Crippen molar-refractivity contribution in [1.82, 2.24) is 4.98 Å². The van der Waals surface area contributed by atoms with Crippen LogP contribution in [0.4, 0.5) is 5.69 Å². The van der Waals surface area contributed by atoms with Gasteiger partial charge in [0.15, 0.2) is 3.95 Å². The van der Waals surface area contributed by atoms with E-state index in [4.69, 9.17) is 23.8 Å². The van der Waals surface area contributed by atoms with Crippen molar-refractivity contribution in [2.45, 2.75) is 19.9 Å². The third-order valence-corrected chi connectivity index (χ3v) is 5.36. The van der Waals surface area contributed by atoms with Gasteiger partial charge >= 0.3 is 0 Å². The average molecular weight is 414 g/mol. The Kier molecular flexibility index (Phi) is 5.76. The van der Waals surface area contributed by atoms with Crippen LogP contribution in [-0.2, 0) is 4.79 Å². The number of nitrogens with one attached hydrogen (secondary N) is 1. The summed E-state index contributed by atoms with van der Waals surface area (Å²) in [5, 5.41) is 10.1. The molecule has 4 nitrogen and oxygen atoms in total. The fourth-order valence-corrected chi connectivity index (χ4v) is 4.12. The molecule has 0 fully saturated rings. The Bertz CT molecular complexity index is 1140. The average Bonchev–Trinajstić information content (AvgIpc) is 2.98. The lowest BCUT2D eigenvalue weighted by molar-refractivity contribution is -0.115. The SMILES string of the molecule is CC(C)N(C(=O)C(C#N)=Cc1cccc(Cl)c1)c1ccc2[nH]c(=S)sc2c1. The van der Waals surface area contributed by atoms with Crippen molar-refractivity contribution >= 4 is 63.0 Å². The van der Waals surface area contributed by atoms with Gasteiger partial charge in [0.2, 0.25) is 0 Å². The van der Waals surface area contributed by atoms with E-state index in [1.54, 1.807) is 35.2 Å². The van der Waals surface area contributed by atoms with Crippen molar-refractivity contribution in [3.05, 3.63) is 62.6 Å². The predicted octanol–water partition coefficient (Wildman–Crippen LogP) is 5.96. The van der Waals surface area contributed by atoms with Gasteiger partial charge < -0.3 is 9.88 Å². The minimum absolute atomic E-state index is 0.0489. The summed E-state index contributed by atoms with van der Waals surface area (Å²) in [4.78, 5) is 17.8. The van der Waals surface area contributed by atoms with Gasteiger partial charge in [-0.2, -0.15) is 5.26 Å². The lowest BCUT2D eigenvalue weighted by Gasteiger charge is -2.26. The standard InChI is InChI=1S/C20H16ClN3OS2/c1-12(2)24(16-6-7-17-18(10-16)27-20(26)23-17)19(25)14(11-22)8-13-4-3-5-15(21)9-13/h3-10,12H,1-2H3,(H,23,26). The number of hydrogen-bond acceptors (Lipinski definition) is 4. The highest BCUT2D eigenvalue weighted by Gasteiger charge is 2.23. The predicted molar refractivity (Wildman–Crippen MR) is 115 cm³/mol. The third kappa shape index (κ3) is 4.28. The number of nitriles is 1. The fraction of sp³-hybridized carbons (Fsp3) is 0.150. The van der Waals surface area contributed by atoms with Crippen LogP contribution in [0.1, 0.15) is 19.4 Å². The molecule has 0 saturated carbocycles. The highest BCUT2D eigenvalue weighted by molar-refractivity contribution is 7.73. The molecule has 1 aromatic heterocycles. The van der Waals surface area contributed by atoms with E-state index in [0.717, 1.165) is 15.9 Å². The number of thiazole rings is 1. The van der Waals surface area contributed by atoms with Gasteiger partial charge in [-0.3, -0.25) is 4.79 Å². The van der Waals surface area contributed by atoms with Crippen LogP contribution in [0.3, 0.4) is 0 Å². The Morgan fingerprint density at radius 2 is 2.11 bits per heavy atom. The van der Waals surface area contributed by atoms with Crippen LogP contribution in [-0.4, -0.2) is 16.9 Å². The number of carbonyl (C=O) groups is 1. The number of anilines is 1. The van der Waals surface area contributed by atoms with E-state index in [1.165, 1.54) is 11.3 Å². The van der Waals surface area contributed by atoms with E-state index in [9.17, 15) is 10.1 Å². The molecular weight excluding hydrogens is 398 g/mol. The number of benzene rings is 2. The monoisotopic (exact) mass is 413 g/mol. The van der Waals surface area contributed by atoms with E-state index >= 15 is 0 Å². The second-order valence-electron chi connectivity index (χ2n) is 6.19. The van der Waals surface area contributed by atoms with Gasteiger partial charge in [0.1, 0.15) is 11.6 Å². The summed E-state index contributed by atoms with van der Waals surface area (Å²) in [7, 11) is 0. The number of aromatic nitrogens is 1. The Morgan fingerprint density at radius 1 is 1.33 bits per heavy atom. The minimum atomic E-state index is -0.356. The fourth-order valence-electron chi connectivity index (χ4n) is 2.77. The maximum absolute atomic E-state index is 13.1. The number of fused-ring (bicyclic) bond motifs is 1. The molecule has 27 heavy (non-hydrogen) atoms. The molecule has 0 saturated heterocycles. The van der Waals surface area contributed by atoms with Gasteiger partial charge in [-0.25, -0.2) is 0 Å². The smallest absolute Gasteiger partial charge is 0.269 e. The van der Waals surface area contributed by atoms with Crippen LogP contribution in [0, 0.1) is 15.3 Å². The summed E-state index contributed by atoms with van der Waals surface area (Å²) in [5.74, 6) is -0.356. The molecule has 0 aliphatic carbocycles. The number of amides is 1. The maximum atomic E-state index is 13.1. The number of H-pyrrole nitrogens is 1. The van der Waals surface area contributed by atoms with Crippen molar-refractivity contribution in [3.63, 3.8) is 0 Å². The summed E-state index contributed by atoms with van der Waals surface area (Å²) < 4.78 is 1.65. The van der Waals surface area contributed by atoms with Crippen LogP contribution >= 0.6 is 35.2 Å². The molecule has 0 radical (unpaired) electrons. The largest absolute Gasteiger partial charge is 0.337 e. The van der Waals surface area contributed by atoms with Crippen molar-refractivity contribution < 1.29 is 4.79 Å². The number of carbonyl (C=O) groups excluding carboxylic acids is 1. The van der Waals surface area contributed by atoms with Crippen molar-refractivity contribution in [1.29, 1.82) is 5.26 Å². The molecule has 136 valence electrons. The zero-order chi connectivity index (χ0) is 19.6. The normalized spacial score (nSPS) is 11.6. The van der Waals surface area contributed by atoms with Gasteiger partial charge in [-0.15, -0.1) is 11.3 Å². The zero-order valence-electron chi connectivity index (χ0n) is 14.7. The van der Waals surface area contributed by atoms with Gasteiger partial charge in [-0.05, 0) is 68.0 Å². The van der Waals surface area contributed by atoms with E-state index < -0.39 is 0 Å². The first-order valence-electron chi connectivity index (χ1n) is 8.23. The number of halogens is 1. The maximum Gasteiger partial charge on any atom is 0.269 e. The van der Waals surface area contributed by atoms with Gasteiger partial charge in [0.05, 0.1) is 10.2 Å². The van der Waals surface area contributed by atoms with E-state index in [1.807, 2.05) is 38.1 Å². The van der Waals surface area contributed by atoms with Gasteiger partial charge in [0, 0.05) is 16.8 Å². The lowest BCUT2D eigenvalue weighted by Crippen LogP contribution is -2.37. The van der Waals surface area contributed by atoms with Crippen LogP contribution < -0.4 is 4.90 Å². The van der Waals surface area contributed by atoms with E-state index in [0.29, 0.717) is 14.5 Å². The molecule has 2 aromatic carbocycles. The molecule has 7 heteroatoms. The molecule has 0 aliphatic heterocycles. The lowest BCUT2D eigenvalue weighted by atomic mass is 10.1. The van der Waals surface area contributed by atoms with Crippen molar-refractivity contribution in [2.75, 3.05) is 4.90 Å². The van der Waals surface area contributed by atoms with Crippen LogP contribution in [0.5, 0.6) is 0 Å². The number of aromatic amines is 1. The van der Waals surface area contributed by atoms with Crippen molar-refractivity contribution in [3.8, 4) is 6.07 Å². The highest BCUT2D eigenvalue weighted by atomic mass is 35.5. The summed E-state index contributed by atoms with van der Waals surface area (Å²) in [5.41, 5.74) is 2.41. The first-order chi connectivity index (χ1) is 12.9. The molecule has 1 heterocycles. The molecule has 0 atom stereocenters. The molecule has 0 aliphatic rings. The Morgan fingerprint density at radius 3 is 2.78 bits per heavy atom. The topological polar surface area (TPSA) is 59.9 Å². The number of rotatable bonds is 4. The molecule has 3 aromatic rings. The zero-order valence-corrected chi connectivity index (χ0v) is 17.1. The van der Waals surface area contributed by atoms with Crippen LogP contribution in [0.2, 0.25) is 5.02 Å². The Balaban J connectivity index is 2.03. The molecular formula is C20H16ClN3OS2. The second-order valence-corrected chi connectivity index (χ2v) is 8.34. The molecule has 0 spiro atoms. The summed E-state index contributed by atoms with van der Waals surface area (Å²) in [6, 6.07) is 14.6. The number of nitrogens with zero attached hydrogens (tertiary/aromatic N) is 2. The molecule has 1 amide bonds. The van der Waals surface area contributed by atoms with E-state index in [2.05, 4.69) is 4.98 Å². The van der Waals surface area contributed by atoms with Crippen molar-refractivity contribution in [2.24, 2.45) is 0 Å². The summed E-state index contributed by atoms with van der Waals surface area (Å²) in [6.45, 7) is 3.82. The second kappa shape index (κ2) is 8.05. The highest BCUT2D eigenvalue weighted by Crippen LogP contribution is 2.28. The van der Waals surface area contributed by atoms with Gasteiger partial charge in [0.25, 0.3) is 5.91 Å². The molecule has 3 rings (SSSR count). The molecule has 0 unspecified atom stereocenters. The van der Waals surface area contributed by atoms with Crippen LogP contribution in [0.25, 0.3) is 16.3 Å². The first kappa shape index (κ1) is 19.3. The quantitative estimate of drug-likeness (QED) is 0.326. The third-order valence-electron chi connectivity index (χ3n) is 3.93. The minimum Gasteiger partial charge on any atom is -0.337 e.